The highest BCUT2D eigenvalue weighted by Gasteiger charge is 2.15. The van der Waals surface area contributed by atoms with E-state index in [1.165, 1.54) is 0 Å². The van der Waals surface area contributed by atoms with Crippen molar-refractivity contribution in [3.8, 4) is 16.9 Å². The molecule has 1 N–H and O–H groups in total. The van der Waals surface area contributed by atoms with Gasteiger partial charge in [-0.2, -0.15) is 0 Å². The van der Waals surface area contributed by atoms with Crippen molar-refractivity contribution in [1.82, 2.24) is 5.16 Å². The minimum atomic E-state index is -0.227. The van der Waals surface area contributed by atoms with E-state index in [4.69, 9.17) is 9.26 Å². The minimum absolute atomic E-state index is 0.227. The average molecular weight is 308 g/mol. The van der Waals surface area contributed by atoms with E-state index in [-0.39, 0.29) is 5.91 Å². The van der Waals surface area contributed by atoms with Crippen LogP contribution in [0, 0.1) is 6.92 Å². The number of nitrogens with zero attached hydrogens (tertiary/aromatic N) is 1. The number of aromatic nitrogens is 1. The first kappa shape index (κ1) is 14.8. The van der Waals surface area contributed by atoms with E-state index in [1.54, 1.807) is 19.4 Å². The molecule has 0 aliphatic rings. The summed E-state index contributed by atoms with van der Waals surface area (Å²) in [4.78, 5) is 12.4. The van der Waals surface area contributed by atoms with Crippen molar-refractivity contribution < 1.29 is 14.1 Å². The molecular formula is C18H16N2O3. The van der Waals surface area contributed by atoms with Gasteiger partial charge in [0.15, 0.2) is 0 Å². The van der Waals surface area contributed by atoms with E-state index >= 15 is 0 Å². The molecule has 0 saturated heterocycles. The van der Waals surface area contributed by atoms with E-state index in [0.29, 0.717) is 11.4 Å². The van der Waals surface area contributed by atoms with Gasteiger partial charge in [-0.1, -0.05) is 35.5 Å². The van der Waals surface area contributed by atoms with E-state index in [2.05, 4.69) is 10.5 Å². The summed E-state index contributed by atoms with van der Waals surface area (Å²) in [5.74, 6) is 0.855. The topological polar surface area (TPSA) is 64.4 Å². The number of rotatable bonds is 4. The summed E-state index contributed by atoms with van der Waals surface area (Å²) in [6.07, 6.45) is 1.58. The van der Waals surface area contributed by atoms with Gasteiger partial charge in [0.2, 0.25) is 5.88 Å². The van der Waals surface area contributed by atoms with Crippen molar-refractivity contribution >= 4 is 11.8 Å². The maximum atomic E-state index is 12.4. The molecule has 0 bridgehead atoms. The molecule has 1 heterocycles. The molecule has 3 aromatic rings. The van der Waals surface area contributed by atoms with Gasteiger partial charge < -0.3 is 9.26 Å². The predicted molar refractivity (Wildman–Crippen MR) is 87.6 cm³/mol. The van der Waals surface area contributed by atoms with E-state index in [9.17, 15) is 4.79 Å². The first-order valence-electron chi connectivity index (χ1n) is 7.15. The fraction of sp³-hybridized carbons (Fsp3) is 0.111. The van der Waals surface area contributed by atoms with Gasteiger partial charge >= 0.3 is 0 Å². The van der Waals surface area contributed by atoms with Crippen LogP contribution in [0.25, 0.3) is 11.1 Å². The maximum Gasteiger partial charge on any atom is 0.258 e. The summed E-state index contributed by atoms with van der Waals surface area (Å²) in [5, 5.41) is 6.56. The van der Waals surface area contributed by atoms with Crippen molar-refractivity contribution in [2.75, 3.05) is 12.4 Å². The van der Waals surface area contributed by atoms with Crippen molar-refractivity contribution in [2.45, 2.75) is 6.92 Å². The lowest BCUT2D eigenvalue weighted by Gasteiger charge is -2.07. The zero-order valence-electron chi connectivity index (χ0n) is 12.9. The summed E-state index contributed by atoms with van der Waals surface area (Å²) in [6, 6.07) is 14.8. The van der Waals surface area contributed by atoms with Crippen LogP contribution in [0.2, 0.25) is 0 Å². The molecule has 0 saturated carbocycles. The van der Waals surface area contributed by atoms with Crippen molar-refractivity contribution in [3.05, 3.63) is 65.9 Å². The average Bonchev–Trinajstić information content (AvgIpc) is 3.03. The van der Waals surface area contributed by atoms with Gasteiger partial charge in [0.25, 0.3) is 5.91 Å². The largest absolute Gasteiger partial charge is 0.497 e. The molecule has 1 aromatic heterocycles. The van der Waals surface area contributed by atoms with Gasteiger partial charge in [-0.3, -0.25) is 10.1 Å². The molecule has 0 unspecified atom stereocenters. The molecule has 116 valence electrons. The number of nitrogens with one attached hydrogen (secondary N) is 1. The van der Waals surface area contributed by atoms with Crippen molar-refractivity contribution in [2.24, 2.45) is 0 Å². The Hall–Kier alpha value is -3.08. The van der Waals surface area contributed by atoms with E-state index < -0.39 is 0 Å². The van der Waals surface area contributed by atoms with Gasteiger partial charge in [0.05, 0.1) is 18.9 Å². The summed E-state index contributed by atoms with van der Waals surface area (Å²) in [6.45, 7) is 1.89. The SMILES string of the molecule is COc1ccc(-c2cnoc2NC(=O)c2ccccc2C)cc1. The Bertz CT molecular complexity index is 822. The molecule has 0 fully saturated rings. The Morgan fingerprint density at radius 2 is 1.87 bits per heavy atom. The number of anilines is 1. The lowest BCUT2D eigenvalue weighted by atomic mass is 10.1. The molecule has 0 spiro atoms. The number of ether oxygens (including phenoxy) is 1. The molecule has 0 aliphatic carbocycles. The summed E-state index contributed by atoms with van der Waals surface area (Å²) < 4.78 is 10.3. The van der Waals surface area contributed by atoms with Crippen LogP contribution in [0.5, 0.6) is 5.75 Å². The summed E-state index contributed by atoms with van der Waals surface area (Å²) in [7, 11) is 1.61. The van der Waals surface area contributed by atoms with Crippen molar-refractivity contribution in [3.63, 3.8) is 0 Å². The molecular weight excluding hydrogens is 292 g/mol. The molecule has 0 atom stereocenters. The molecule has 3 rings (SSSR count). The van der Waals surface area contributed by atoms with Gasteiger partial charge in [-0.25, -0.2) is 0 Å². The first-order chi connectivity index (χ1) is 11.2. The summed E-state index contributed by atoms with van der Waals surface area (Å²) in [5.41, 5.74) is 3.10. The number of methoxy groups -OCH3 is 1. The second-order valence-electron chi connectivity index (χ2n) is 5.07. The number of hydrogen-bond donors (Lipinski definition) is 1. The third kappa shape index (κ3) is 3.08. The maximum absolute atomic E-state index is 12.4. The fourth-order valence-electron chi connectivity index (χ4n) is 2.30. The Labute approximate surface area is 133 Å². The van der Waals surface area contributed by atoms with Crippen LogP contribution in [0.15, 0.2) is 59.3 Å². The van der Waals surface area contributed by atoms with Gasteiger partial charge in [0, 0.05) is 5.56 Å². The highest BCUT2D eigenvalue weighted by Crippen LogP contribution is 2.29. The van der Waals surface area contributed by atoms with Crippen LogP contribution >= 0.6 is 0 Å². The van der Waals surface area contributed by atoms with Crippen molar-refractivity contribution in [1.29, 1.82) is 0 Å². The Morgan fingerprint density at radius 3 is 2.57 bits per heavy atom. The number of carbonyl (C=O) groups excluding carboxylic acids is 1. The zero-order chi connectivity index (χ0) is 16.2. The highest BCUT2D eigenvalue weighted by atomic mass is 16.5. The molecule has 1 amide bonds. The number of carbonyl (C=O) groups is 1. The second-order valence-corrected chi connectivity index (χ2v) is 5.07. The predicted octanol–water partition coefficient (Wildman–Crippen LogP) is 3.91. The molecule has 23 heavy (non-hydrogen) atoms. The first-order valence-corrected chi connectivity index (χ1v) is 7.15. The zero-order valence-corrected chi connectivity index (χ0v) is 12.9. The lowest BCUT2D eigenvalue weighted by molar-refractivity contribution is 0.102. The standard InChI is InChI=1S/C18H16N2O3/c1-12-5-3-4-6-15(12)17(21)20-18-16(11-19-23-18)13-7-9-14(22-2)10-8-13/h3-11H,1-2H3,(H,20,21). The van der Waals surface area contributed by atoms with Crippen LogP contribution < -0.4 is 10.1 Å². The Balaban J connectivity index is 1.86. The summed E-state index contributed by atoms with van der Waals surface area (Å²) >= 11 is 0. The Morgan fingerprint density at radius 1 is 1.13 bits per heavy atom. The van der Waals surface area contributed by atoms with Gasteiger partial charge in [0.1, 0.15) is 5.75 Å². The van der Waals surface area contributed by atoms with Crippen LogP contribution in [0.1, 0.15) is 15.9 Å². The van der Waals surface area contributed by atoms with E-state index in [1.807, 2.05) is 49.4 Å². The number of benzene rings is 2. The molecule has 5 nitrogen and oxygen atoms in total. The third-order valence-electron chi connectivity index (χ3n) is 3.59. The van der Waals surface area contributed by atoms with Crippen LogP contribution in [0.4, 0.5) is 5.88 Å². The van der Waals surface area contributed by atoms with Gasteiger partial charge in [-0.05, 0) is 36.2 Å². The second kappa shape index (κ2) is 6.36. The van der Waals surface area contributed by atoms with Crippen LogP contribution in [-0.4, -0.2) is 18.2 Å². The van der Waals surface area contributed by atoms with E-state index in [0.717, 1.165) is 22.4 Å². The smallest absolute Gasteiger partial charge is 0.258 e. The number of amides is 1. The number of hydrogen-bond acceptors (Lipinski definition) is 4. The third-order valence-corrected chi connectivity index (χ3v) is 3.59. The molecule has 0 aliphatic heterocycles. The fourth-order valence-corrected chi connectivity index (χ4v) is 2.30. The molecule has 2 aromatic carbocycles. The minimum Gasteiger partial charge on any atom is -0.497 e. The monoisotopic (exact) mass is 308 g/mol. The quantitative estimate of drug-likeness (QED) is 0.793. The number of aryl methyl sites for hydroxylation is 1. The van der Waals surface area contributed by atoms with Crippen LogP contribution in [0.3, 0.4) is 0 Å². The molecule has 5 heteroatoms. The van der Waals surface area contributed by atoms with Gasteiger partial charge in [-0.15, -0.1) is 0 Å². The molecule has 0 radical (unpaired) electrons. The normalized spacial score (nSPS) is 10.3. The highest BCUT2D eigenvalue weighted by molar-refractivity contribution is 6.06. The van der Waals surface area contributed by atoms with Crippen LogP contribution in [-0.2, 0) is 0 Å². The lowest BCUT2D eigenvalue weighted by Crippen LogP contribution is -2.13. The Kier molecular flexibility index (Phi) is 4.10.